The van der Waals surface area contributed by atoms with Crippen molar-refractivity contribution in [3.63, 3.8) is 0 Å². The highest BCUT2D eigenvalue weighted by molar-refractivity contribution is 9.10. The zero-order chi connectivity index (χ0) is 12.0. The zero-order valence-corrected chi connectivity index (χ0v) is 12.8. The molecule has 1 aromatic rings. The van der Waals surface area contributed by atoms with Crippen molar-refractivity contribution in [3.05, 3.63) is 17.0 Å². The largest absolute Gasteiger partial charge is 0.352 e. The van der Waals surface area contributed by atoms with Crippen molar-refractivity contribution in [2.24, 2.45) is 0 Å². The molecule has 0 amide bonds. The summed E-state index contributed by atoms with van der Waals surface area (Å²) >= 11 is 7.01. The van der Waals surface area contributed by atoms with E-state index in [0.717, 1.165) is 35.0 Å². The summed E-state index contributed by atoms with van der Waals surface area (Å²) in [5, 5.41) is 0.944. The minimum Gasteiger partial charge on any atom is -0.352 e. The van der Waals surface area contributed by atoms with Gasteiger partial charge in [-0.1, -0.05) is 29.8 Å². The fourth-order valence-electron chi connectivity index (χ4n) is 1.80. The van der Waals surface area contributed by atoms with Crippen LogP contribution in [0.1, 0.15) is 26.7 Å². The van der Waals surface area contributed by atoms with E-state index < -0.39 is 0 Å². The van der Waals surface area contributed by atoms with E-state index in [1.807, 2.05) is 0 Å². The highest BCUT2D eigenvalue weighted by Gasteiger charge is 2.18. The third-order valence-corrected chi connectivity index (χ3v) is 3.54. The number of aromatic nitrogens is 2. The molecule has 90 valence electrons. The number of nitrogens with zero attached hydrogens (tertiary/aromatic N) is 3. The number of anilines is 1. The standard InChI is InChI=1S/C11H17Br2N3/c1-3-9(4-2)16(6-5-12)11-10(13)7-14-8-15-11/h7-9H,3-6H2,1-2H3. The van der Waals surface area contributed by atoms with Gasteiger partial charge in [0, 0.05) is 24.1 Å². The monoisotopic (exact) mass is 349 g/mol. The van der Waals surface area contributed by atoms with Crippen molar-refractivity contribution in [3.8, 4) is 0 Å². The summed E-state index contributed by atoms with van der Waals surface area (Å²) in [5.74, 6) is 0.989. The molecule has 0 saturated carbocycles. The average Bonchev–Trinajstić information content (AvgIpc) is 2.30. The summed E-state index contributed by atoms with van der Waals surface area (Å²) in [7, 11) is 0. The molecule has 0 radical (unpaired) electrons. The summed E-state index contributed by atoms with van der Waals surface area (Å²) in [6.45, 7) is 5.39. The molecule has 0 aliphatic carbocycles. The van der Waals surface area contributed by atoms with Gasteiger partial charge in [0.2, 0.25) is 0 Å². The van der Waals surface area contributed by atoms with Crippen LogP contribution in [0.3, 0.4) is 0 Å². The number of rotatable bonds is 6. The Kier molecular flexibility index (Phi) is 6.28. The lowest BCUT2D eigenvalue weighted by molar-refractivity contribution is 0.562. The van der Waals surface area contributed by atoms with E-state index in [9.17, 15) is 0 Å². The van der Waals surface area contributed by atoms with Crippen molar-refractivity contribution in [1.82, 2.24) is 9.97 Å². The van der Waals surface area contributed by atoms with Gasteiger partial charge in [0.05, 0.1) is 4.47 Å². The first kappa shape index (κ1) is 13.9. The van der Waals surface area contributed by atoms with Crippen LogP contribution in [0.2, 0.25) is 0 Å². The molecule has 0 unspecified atom stereocenters. The molecule has 5 heteroatoms. The van der Waals surface area contributed by atoms with Crippen molar-refractivity contribution in [2.75, 3.05) is 16.8 Å². The Bertz CT molecular complexity index is 316. The van der Waals surface area contributed by atoms with Gasteiger partial charge in [0.1, 0.15) is 12.1 Å². The summed E-state index contributed by atoms with van der Waals surface area (Å²) in [6, 6.07) is 0.531. The predicted molar refractivity (Wildman–Crippen MR) is 75.2 cm³/mol. The van der Waals surface area contributed by atoms with E-state index >= 15 is 0 Å². The summed E-state index contributed by atoms with van der Waals surface area (Å²) < 4.78 is 0.961. The van der Waals surface area contributed by atoms with E-state index in [0.29, 0.717) is 6.04 Å². The van der Waals surface area contributed by atoms with Gasteiger partial charge in [-0.3, -0.25) is 0 Å². The fraction of sp³-hybridized carbons (Fsp3) is 0.636. The molecule has 1 rings (SSSR count). The van der Waals surface area contributed by atoms with Crippen molar-refractivity contribution >= 4 is 37.7 Å². The second kappa shape index (κ2) is 7.22. The highest BCUT2D eigenvalue weighted by atomic mass is 79.9. The molecule has 0 bridgehead atoms. The second-order valence-electron chi connectivity index (χ2n) is 3.55. The van der Waals surface area contributed by atoms with Gasteiger partial charge in [-0.15, -0.1) is 0 Å². The van der Waals surface area contributed by atoms with Gasteiger partial charge >= 0.3 is 0 Å². The van der Waals surface area contributed by atoms with Crippen LogP contribution in [0.25, 0.3) is 0 Å². The van der Waals surface area contributed by atoms with E-state index in [4.69, 9.17) is 0 Å². The maximum atomic E-state index is 4.36. The van der Waals surface area contributed by atoms with Crippen LogP contribution >= 0.6 is 31.9 Å². The topological polar surface area (TPSA) is 29.0 Å². The Labute approximate surface area is 114 Å². The van der Waals surface area contributed by atoms with Gasteiger partial charge in [-0.25, -0.2) is 9.97 Å². The quantitative estimate of drug-likeness (QED) is 0.733. The lowest BCUT2D eigenvalue weighted by Gasteiger charge is -2.31. The Morgan fingerprint density at radius 3 is 2.56 bits per heavy atom. The second-order valence-corrected chi connectivity index (χ2v) is 5.19. The van der Waals surface area contributed by atoms with E-state index in [1.54, 1.807) is 12.5 Å². The molecule has 0 aliphatic heterocycles. The van der Waals surface area contributed by atoms with Crippen LogP contribution in [-0.4, -0.2) is 27.9 Å². The molecule has 0 aliphatic rings. The molecule has 0 spiro atoms. The SMILES string of the molecule is CCC(CC)N(CCBr)c1ncncc1Br. The third kappa shape index (κ3) is 3.42. The van der Waals surface area contributed by atoms with Gasteiger partial charge in [-0.05, 0) is 28.8 Å². The summed E-state index contributed by atoms with van der Waals surface area (Å²) in [6.07, 6.45) is 5.65. The van der Waals surface area contributed by atoms with Gasteiger partial charge in [-0.2, -0.15) is 0 Å². The molecule has 1 aromatic heterocycles. The van der Waals surface area contributed by atoms with Crippen molar-refractivity contribution in [2.45, 2.75) is 32.7 Å². The predicted octanol–water partition coefficient (Wildman–Crippen LogP) is 3.63. The fourth-order valence-corrected chi connectivity index (χ4v) is 2.63. The molecular weight excluding hydrogens is 334 g/mol. The van der Waals surface area contributed by atoms with Gasteiger partial charge < -0.3 is 4.90 Å². The van der Waals surface area contributed by atoms with Crippen molar-refractivity contribution in [1.29, 1.82) is 0 Å². The maximum absolute atomic E-state index is 4.36. The third-order valence-electron chi connectivity index (χ3n) is 2.63. The lowest BCUT2D eigenvalue weighted by atomic mass is 10.1. The molecular formula is C11H17Br2N3. The minimum absolute atomic E-state index is 0.531. The maximum Gasteiger partial charge on any atom is 0.146 e. The normalized spacial score (nSPS) is 10.8. The van der Waals surface area contributed by atoms with E-state index in [1.165, 1.54) is 0 Å². The number of hydrogen-bond acceptors (Lipinski definition) is 3. The van der Waals surface area contributed by atoms with Crippen LogP contribution in [0.15, 0.2) is 17.0 Å². The molecule has 0 saturated heterocycles. The summed E-state index contributed by atoms with van der Waals surface area (Å²) in [5.41, 5.74) is 0. The van der Waals surface area contributed by atoms with Crippen LogP contribution in [0, 0.1) is 0 Å². The first-order valence-electron chi connectivity index (χ1n) is 5.52. The Balaban J connectivity index is 2.97. The molecule has 0 aromatic carbocycles. The first-order chi connectivity index (χ1) is 7.74. The number of hydrogen-bond donors (Lipinski definition) is 0. The minimum atomic E-state index is 0.531. The molecule has 0 atom stereocenters. The Morgan fingerprint density at radius 1 is 1.38 bits per heavy atom. The average molecular weight is 351 g/mol. The number of halogens is 2. The molecule has 0 N–H and O–H groups in total. The molecule has 3 nitrogen and oxygen atoms in total. The van der Waals surface area contributed by atoms with Gasteiger partial charge in [0.15, 0.2) is 0 Å². The highest BCUT2D eigenvalue weighted by Crippen LogP contribution is 2.25. The van der Waals surface area contributed by atoms with Crippen LogP contribution in [0.5, 0.6) is 0 Å². The lowest BCUT2D eigenvalue weighted by Crippen LogP contribution is -2.36. The van der Waals surface area contributed by atoms with Crippen molar-refractivity contribution < 1.29 is 0 Å². The van der Waals surface area contributed by atoms with E-state index in [-0.39, 0.29) is 0 Å². The van der Waals surface area contributed by atoms with E-state index in [2.05, 4.69) is 60.6 Å². The first-order valence-corrected chi connectivity index (χ1v) is 7.44. The summed E-state index contributed by atoms with van der Waals surface area (Å²) in [4.78, 5) is 10.7. The van der Waals surface area contributed by atoms with Gasteiger partial charge in [0.25, 0.3) is 0 Å². The Hall–Kier alpha value is -0.160. The molecule has 1 heterocycles. The van der Waals surface area contributed by atoms with Crippen LogP contribution < -0.4 is 4.90 Å². The zero-order valence-electron chi connectivity index (χ0n) is 9.66. The smallest absolute Gasteiger partial charge is 0.146 e. The number of alkyl halides is 1. The molecule has 16 heavy (non-hydrogen) atoms. The van der Waals surface area contributed by atoms with Crippen LogP contribution in [-0.2, 0) is 0 Å². The van der Waals surface area contributed by atoms with Crippen LogP contribution in [0.4, 0.5) is 5.82 Å². The Morgan fingerprint density at radius 2 is 2.06 bits per heavy atom. The molecule has 0 fully saturated rings.